The third kappa shape index (κ3) is 5.45. The highest BCUT2D eigenvalue weighted by molar-refractivity contribution is 5.33. The van der Waals surface area contributed by atoms with Crippen molar-refractivity contribution in [1.82, 2.24) is 5.48 Å². The van der Waals surface area contributed by atoms with Crippen molar-refractivity contribution in [2.75, 3.05) is 0 Å². The predicted molar refractivity (Wildman–Crippen MR) is 71.2 cm³/mol. The minimum atomic E-state index is -4.71. The molecule has 0 radical (unpaired) electrons. The molecule has 112 valence electrons. The zero-order valence-electron chi connectivity index (χ0n) is 11.1. The molecular formula is C15H14F3NO2. The van der Waals surface area contributed by atoms with Crippen LogP contribution < -0.4 is 10.2 Å². The fourth-order valence-corrected chi connectivity index (χ4v) is 1.71. The van der Waals surface area contributed by atoms with E-state index in [1.165, 1.54) is 12.1 Å². The van der Waals surface area contributed by atoms with Gasteiger partial charge in [0.15, 0.2) is 0 Å². The van der Waals surface area contributed by atoms with Crippen LogP contribution in [-0.4, -0.2) is 6.36 Å². The summed E-state index contributed by atoms with van der Waals surface area (Å²) in [5.41, 5.74) is 3.96. The molecule has 0 aliphatic rings. The van der Waals surface area contributed by atoms with Gasteiger partial charge in [-0.3, -0.25) is 4.84 Å². The average molecular weight is 297 g/mol. The zero-order valence-corrected chi connectivity index (χ0v) is 11.1. The van der Waals surface area contributed by atoms with Crippen LogP contribution >= 0.6 is 0 Å². The molecule has 0 aromatic heterocycles. The first kappa shape index (κ1) is 15.3. The first-order chi connectivity index (χ1) is 10.0. The second-order valence-corrected chi connectivity index (χ2v) is 4.25. The Hall–Kier alpha value is -2.05. The van der Waals surface area contributed by atoms with Crippen molar-refractivity contribution in [2.45, 2.75) is 19.5 Å². The number of hydrogen-bond acceptors (Lipinski definition) is 3. The summed E-state index contributed by atoms with van der Waals surface area (Å²) in [5.74, 6) is -0.235. The number of benzene rings is 2. The van der Waals surface area contributed by atoms with Gasteiger partial charge >= 0.3 is 6.36 Å². The summed E-state index contributed by atoms with van der Waals surface area (Å²) >= 11 is 0. The van der Waals surface area contributed by atoms with Crippen LogP contribution in [0.2, 0.25) is 0 Å². The van der Waals surface area contributed by atoms with Gasteiger partial charge in [-0.1, -0.05) is 48.5 Å². The molecule has 0 unspecified atom stereocenters. The van der Waals surface area contributed by atoms with Gasteiger partial charge in [0.1, 0.15) is 5.75 Å². The molecule has 3 nitrogen and oxygen atoms in total. The molecule has 0 saturated carbocycles. The SMILES string of the molecule is FC(F)(F)Oc1ccccc1CNOCc1ccccc1. The zero-order chi connectivity index (χ0) is 15.1. The quantitative estimate of drug-likeness (QED) is 0.649. The van der Waals surface area contributed by atoms with Crippen molar-refractivity contribution in [3.8, 4) is 5.75 Å². The molecule has 0 bridgehead atoms. The van der Waals surface area contributed by atoms with Gasteiger partial charge in [-0.2, -0.15) is 5.48 Å². The molecule has 2 rings (SSSR count). The van der Waals surface area contributed by atoms with E-state index in [0.29, 0.717) is 12.2 Å². The lowest BCUT2D eigenvalue weighted by atomic mass is 10.2. The lowest BCUT2D eigenvalue weighted by Crippen LogP contribution is -2.20. The number of alkyl halides is 3. The van der Waals surface area contributed by atoms with E-state index in [-0.39, 0.29) is 12.3 Å². The van der Waals surface area contributed by atoms with Gasteiger partial charge < -0.3 is 4.74 Å². The molecule has 2 aromatic carbocycles. The summed E-state index contributed by atoms with van der Waals surface area (Å²) in [6.45, 7) is 0.433. The second kappa shape index (κ2) is 7.10. The van der Waals surface area contributed by atoms with E-state index >= 15 is 0 Å². The Bertz CT molecular complexity index is 558. The number of ether oxygens (including phenoxy) is 1. The fraction of sp³-hybridized carbons (Fsp3) is 0.200. The monoisotopic (exact) mass is 297 g/mol. The molecule has 0 amide bonds. The van der Waals surface area contributed by atoms with Gasteiger partial charge in [-0.05, 0) is 11.6 Å². The van der Waals surface area contributed by atoms with Crippen LogP contribution in [0.1, 0.15) is 11.1 Å². The molecule has 0 aliphatic heterocycles. The van der Waals surface area contributed by atoms with Crippen LogP contribution in [0.25, 0.3) is 0 Å². The van der Waals surface area contributed by atoms with Crippen molar-refractivity contribution in [3.05, 3.63) is 65.7 Å². The highest BCUT2D eigenvalue weighted by Crippen LogP contribution is 2.26. The van der Waals surface area contributed by atoms with E-state index in [2.05, 4.69) is 10.2 Å². The topological polar surface area (TPSA) is 30.5 Å². The number of hydroxylamine groups is 1. The maximum atomic E-state index is 12.3. The number of nitrogens with one attached hydrogen (secondary N) is 1. The third-order valence-electron chi connectivity index (χ3n) is 2.64. The van der Waals surface area contributed by atoms with E-state index in [9.17, 15) is 13.2 Å². The van der Waals surface area contributed by atoms with Crippen molar-refractivity contribution >= 4 is 0 Å². The maximum absolute atomic E-state index is 12.3. The summed E-state index contributed by atoms with van der Waals surface area (Å²) in [7, 11) is 0. The maximum Gasteiger partial charge on any atom is 0.573 e. The molecule has 0 atom stereocenters. The molecule has 2 aromatic rings. The van der Waals surface area contributed by atoms with E-state index in [4.69, 9.17) is 4.84 Å². The lowest BCUT2D eigenvalue weighted by Gasteiger charge is -2.13. The number of rotatable bonds is 6. The van der Waals surface area contributed by atoms with Crippen LogP contribution in [0.3, 0.4) is 0 Å². The average Bonchev–Trinajstić information content (AvgIpc) is 2.45. The summed E-state index contributed by atoms with van der Waals surface area (Å²) in [5, 5.41) is 0. The van der Waals surface area contributed by atoms with Gasteiger partial charge in [0.25, 0.3) is 0 Å². The Kier molecular flexibility index (Phi) is 5.19. The van der Waals surface area contributed by atoms with Gasteiger partial charge in [0, 0.05) is 12.1 Å². The first-order valence-corrected chi connectivity index (χ1v) is 6.27. The largest absolute Gasteiger partial charge is 0.573 e. The van der Waals surface area contributed by atoms with E-state index in [0.717, 1.165) is 5.56 Å². The van der Waals surface area contributed by atoms with Crippen molar-refractivity contribution in [2.24, 2.45) is 0 Å². The fourth-order valence-electron chi connectivity index (χ4n) is 1.71. The number of halogens is 3. The molecule has 1 N–H and O–H groups in total. The summed E-state index contributed by atoms with van der Waals surface area (Å²) in [6, 6.07) is 15.4. The Morgan fingerprint density at radius 3 is 2.29 bits per heavy atom. The molecule has 21 heavy (non-hydrogen) atoms. The highest BCUT2D eigenvalue weighted by Gasteiger charge is 2.31. The smallest absolute Gasteiger partial charge is 0.405 e. The standard InChI is InChI=1S/C15H14F3NO2/c16-15(17,18)21-14-9-5-4-8-13(14)10-19-20-11-12-6-2-1-3-7-12/h1-9,19H,10-11H2. The number of para-hydroxylation sites is 1. The van der Waals surface area contributed by atoms with Gasteiger partial charge in [0.05, 0.1) is 6.61 Å². The Morgan fingerprint density at radius 2 is 1.57 bits per heavy atom. The molecule has 6 heteroatoms. The van der Waals surface area contributed by atoms with E-state index < -0.39 is 6.36 Å². The highest BCUT2D eigenvalue weighted by atomic mass is 19.4. The molecule has 0 aliphatic carbocycles. The van der Waals surface area contributed by atoms with Crippen molar-refractivity contribution < 1.29 is 22.7 Å². The Morgan fingerprint density at radius 1 is 0.905 bits per heavy atom. The Labute approximate surface area is 120 Å². The predicted octanol–water partition coefficient (Wildman–Crippen LogP) is 3.81. The van der Waals surface area contributed by atoms with Crippen LogP contribution in [-0.2, 0) is 18.0 Å². The third-order valence-corrected chi connectivity index (χ3v) is 2.64. The van der Waals surface area contributed by atoms with Gasteiger partial charge in [0.2, 0.25) is 0 Å². The lowest BCUT2D eigenvalue weighted by molar-refractivity contribution is -0.275. The summed E-state index contributed by atoms with van der Waals surface area (Å²) in [4.78, 5) is 5.22. The van der Waals surface area contributed by atoms with Crippen molar-refractivity contribution in [1.29, 1.82) is 0 Å². The molecular weight excluding hydrogens is 283 g/mol. The molecule has 0 fully saturated rings. The second-order valence-electron chi connectivity index (χ2n) is 4.25. The summed E-state index contributed by atoms with van der Waals surface area (Å²) < 4.78 is 40.7. The van der Waals surface area contributed by atoms with Crippen LogP contribution in [0, 0.1) is 0 Å². The van der Waals surface area contributed by atoms with E-state index in [1.54, 1.807) is 12.1 Å². The van der Waals surface area contributed by atoms with Gasteiger partial charge in [-0.15, -0.1) is 13.2 Å². The van der Waals surface area contributed by atoms with Gasteiger partial charge in [-0.25, -0.2) is 0 Å². The molecule has 0 spiro atoms. The van der Waals surface area contributed by atoms with Crippen LogP contribution in [0.15, 0.2) is 54.6 Å². The number of hydrogen-bond donors (Lipinski definition) is 1. The summed E-state index contributed by atoms with van der Waals surface area (Å²) in [6.07, 6.45) is -4.71. The van der Waals surface area contributed by atoms with Crippen LogP contribution in [0.4, 0.5) is 13.2 Å². The van der Waals surface area contributed by atoms with Crippen LogP contribution in [0.5, 0.6) is 5.75 Å². The minimum Gasteiger partial charge on any atom is -0.405 e. The minimum absolute atomic E-state index is 0.110. The normalized spacial score (nSPS) is 11.4. The van der Waals surface area contributed by atoms with Crippen molar-refractivity contribution in [3.63, 3.8) is 0 Å². The molecule has 0 heterocycles. The first-order valence-electron chi connectivity index (χ1n) is 6.27. The van der Waals surface area contributed by atoms with E-state index in [1.807, 2.05) is 30.3 Å². The Balaban J connectivity index is 1.86. The molecule has 0 saturated heterocycles.